The van der Waals surface area contributed by atoms with Gasteiger partial charge in [-0.1, -0.05) is 171 Å². The molecule has 0 atom stereocenters. The van der Waals surface area contributed by atoms with Gasteiger partial charge in [0.25, 0.3) is 0 Å². The van der Waals surface area contributed by atoms with Crippen LogP contribution in [0, 0.1) is 0 Å². The van der Waals surface area contributed by atoms with Crippen LogP contribution in [0.2, 0.25) is 0 Å². The first-order valence-electron chi connectivity index (χ1n) is 22.4. The molecule has 0 radical (unpaired) electrons. The Kier molecular flexibility index (Phi) is 10.4. The SMILES string of the molecule is [2H]C(C)(C)c1ccc(-n2c(-c3cc(C(C)(C)C)cc(C(C)(C)C)c3O)nc3c(-c4cc(-c5ccccc5)cc(-c5cc(-c6ccccc6)ccn5)c4)cccc32)c(-c2ccccc2)c1. The van der Waals surface area contributed by atoms with E-state index in [2.05, 4.69) is 198 Å². The molecule has 4 heteroatoms. The van der Waals surface area contributed by atoms with Gasteiger partial charge < -0.3 is 5.11 Å². The molecule has 0 aliphatic heterocycles. The molecule has 0 fully saturated rings. The minimum absolute atomic E-state index is 0.207. The molecule has 1 N–H and O–H groups in total. The maximum absolute atomic E-state index is 12.5. The fourth-order valence-electron chi connectivity index (χ4n) is 8.58. The van der Waals surface area contributed by atoms with E-state index in [0.717, 1.165) is 89.2 Å². The van der Waals surface area contributed by atoms with Gasteiger partial charge in [0.2, 0.25) is 0 Å². The Bertz CT molecular complexity index is 3150. The van der Waals surface area contributed by atoms with Gasteiger partial charge in [-0.25, -0.2) is 4.98 Å². The first kappa shape index (κ1) is 40.1. The quantitative estimate of drug-likeness (QED) is 0.166. The van der Waals surface area contributed by atoms with Crippen LogP contribution in [-0.4, -0.2) is 19.6 Å². The number of hydrogen-bond donors (Lipinski definition) is 1. The Morgan fingerprint density at radius 1 is 0.524 bits per heavy atom. The predicted octanol–water partition coefficient (Wildman–Crippen LogP) is 15.8. The van der Waals surface area contributed by atoms with E-state index < -0.39 is 5.89 Å². The van der Waals surface area contributed by atoms with Crippen molar-refractivity contribution in [2.45, 2.75) is 72.1 Å². The summed E-state index contributed by atoms with van der Waals surface area (Å²) in [5.41, 5.74) is 15.9. The molecule has 0 spiro atoms. The first-order chi connectivity index (χ1) is 30.5. The van der Waals surface area contributed by atoms with Crippen LogP contribution >= 0.6 is 0 Å². The Labute approximate surface area is 374 Å². The highest BCUT2D eigenvalue weighted by Gasteiger charge is 2.29. The lowest BCUT2D eigenvalue weighted by molar-refractivity contribution is 0.446. The Morgan fingerprint density at radius 3 is 1.78 bits per heavy atom. The fraction of sp³-hybridized carbons (Fsp3) is 0.186. The van der Waals surface area contributed by atoms with Crippen molar-refractivity contribution < 1.29 is 6.48 Å². The number of aromatic nitrogens is 3. The van der Waals surface area contributed by atoms with Gasteiger partial charge in [-0.05, 0) is 116 Å². The molecule has 312 valence electrons. The second-order valence-electron chi connectivity index (χ2n) is 18.9. The monoisotopic (exact) mass is 822 g/mol. The number of fused-ring (bicyclic) bond motifs is 1. The average Bonchev–Trinajstić information content (AvgIpc) is 3.68. The zero-order valence-corrected chi connectivity index (χ0v) is 37.5. The highest BCUT2D eigenvalue weighted by Crippen LogP contribution is 2.46. The van der Waals surface area contributed by atoms with Crippen molar-refractivity contribution in [1.82, 2.24) is 14.5 Å². The van der Waals surface area contributed by atoms with E-state index in [1.807, 2.05) is 38.2 Å². The predicted molar refractivity (Wildman–Crippen MR) is 265 cm³/mol. The van der Waals surface area contributed by atoms with E-state index in [1.54, 1.807) is 0 Å². The highest BCUT2D eigenvalue weighted by molar-refractivity contribution is 5.98. The Balaban J connectivity index is 1.37. The molecular formula is C59H55N3O. The molecule has 0 saturated heterocycles. The molecule has 0 aliphatic rings. The molecule has 2 heterocycles. The largest absolute Gasteiger partial charge is 0.507 e. The molecule has 7 aromatic carbocycles. The van der Waals surface area contributed by atoms with Crippen LogP contribution in [0.4, 0.5) is 0 Å². The number of rotatable bonds is 8. The molecule has 2 aromatic heterocycles. The molecule has 4 nitrogen and oxygen atoms in total. The van der Waals surface area contributed by atoms with Gasteiger partial charge in [0, 0.05) is 29.8 Å². The normalized spacial score (nSPS) is 12.4. The third-order valence-corrected chi connectivity index (χ3v) is 12.1. The van der Waals surface area contributed by atoms with E-state index >= 15 is 0 Å². The highest BCUT2D eigenvalue weighted by atomic mass is 16.3. The molecule has 0 saturated carbocycles. The van der Waals surface area contributed by atoms with E-state index in [1.165, 1.54) is 0 Å². The molecule has 63 heavy (non-hydrogen) atoms. The van der Waals surface area contributed by atoms with E-state index in [-0.39, 0.29) is 16.6 Å². The number of para-hydroxylation sites is 1. The lowest BCUT2D eigenvalue weighted by atomic mass is 9.79. The first-order valence-corrected chi connectivity index (χ1v) is 21.9. The van der Waals surface area contributed by atoms with Gasteiger partial charge >= 0.3 is 0 Å². The van der Waals surface area contributed by atoms with Gasteiger partial charge in [0.05, 0.1) is 28.0 Å². The number of aromatic hydroxyl groups is 1. The summed E-state index contributed by atoms with van der Waals surface area (Å²) in [7, 11) is 0. The number of imidazole rings is 1. The summed E-state index contributed by atoms with van der Waals surface area (Å²) in [6, 6.07) is 59.3. The molecule has 0 unspecified atom stereocenters. The zero-order chi connectivity index (χ0) is 45.0. The lowest BCUT2D eigenvalue weighted by Crippen LogP contribution is -2.17. The van der Waals surface area contributed by atoms with Crippen LogP contribution in [-0.2, 0) is 10.8 Å². The minimum Gasteiger partial charge on any atom is -0.507 e. The standard InChI is InChI=1S/C59H55N3O/c1-38(2)42-27-28-53(49(34-42)41-23-16-11-17-24-41)62-54-26-18-25-48(55(54)61-57(62)50-36-47(58(3,4)5)37-51(56(50)63)59(6,7)8)45-31-44(40-21-14-10-15-22-40)32-46(33-45)52-35-43(29-30-60-52)39-19-12-9-13-20-39/h9-38,63H,1-8H3/i38D. The van der Waals surface area contributed by atoms with Crippen molar-refractivity contribution in [3.8, 4) is 78.6 Å². The lowest BCUT2D eigenvalue weighted by Gasteiger charge is -2.27. The van der Waals surface area contributed by atoms with Gasteiger partial charge in [-0.15, -0.1) is 0 Å². The van der Waals surface area contributed by atoms with E-state index in [0.29, 0.717) is 11.4 Å². The van der Waals surface area contributed by atoms with Gasteiger partial charge in [-0.2, -0.15) is 0 Å². The molecule has 0 aliphatic carbocycles. The van der Waals surface area contributed by atoms with Crippen molar-refractivity contribution in [3.05, 3.63) is 193 Å². The Hall–Kier alpha value is -7.04. The van der Waals surface area contributed by atoms with Crippen molar-refractivity contribution in [2.24, 2.45) is 0 Å². The summed E-state index contributed by atoms with van der Waals surface area (Å²) in [5, 5.41) is 12.5. The summed E-state index contributed by atoms with van der Waals surface area (Å²) < 4.78 is 11.3. The maximum atomic E-state index is 12.5. The molecule has 9 rings (SSSR count). The average molecular weight is 823 g/mol. The minimum atomic E-state index is -0.826. The summed E-state index contributed by atoms with van der Waals surface area (Å²) in [5.74, 6) is 0.0391. The molecule has 9 aromatic rings. The molecule has 0 amide bonds. The number of phenols is 1. The van der Waals surface area contributed by atoms with Crippen LogP contribution in [0.15, 0.2) is 176 Å². The van der Waals surface area contributed by atoms with Crippen molar-refractivity contribution >= 4 is 11.0 Å². The zero-order valence-electron chi connectivity index (χ0n) is 38.5. The van der Waals surface area contributed by atoms with Crippen molar-refractivity contribution in [2.75, 3.05) is 0 Å². The van der Waals surface area contributed by atoms with Gasteiger partial charge in [0.1, 0.15) is 11.6 Å². The van der Waals surface area contributed by atoms with Crippen LogP contribution in [0.25, 0.3) is 83.9 Å². The van der Waals surface area contributed by atoms with Gasteiger partial charge in [-0.3, -0.25) is 9.55 Å². The topological polar surface area (TPSA) is 50.9 Å². The number of pyridine rings is 1. The van der Waals surface area contributed by atoms with E-state index in [4.69, 9.17) is 11.3 Å². The number of phenolic OH excluding ortho intramolecular Hbond substituents is 1. The number of benzene rings is 7. The fourth-order valence-corrected chi connectivity index (χ4v) is 8.58. The van der Waals surface area contributed by atoms with Crippen LogP contribution < -0.4 is 0 Å². The van der Waals surface area contributed by atoms with Crippen molar-refractivity contribution in [1.29, 1.82) is 0 Å². The smallest absolute Gasteiger partial charge is 0.149 e. The second-order valence-corrected chi connectivity index (χ2v) is 18.9. The third-order valence-electron chi connectivity index (χ3n) is 12.1. The van der Waals surface area contributed by atoms with Gasteiger partial charge in [0.15, 0.2) is 0 Å². The number of hydrogen-bond acceptors (Lipinski definition) is 3. The van der Waals surface area contributed by atoms with Crippen LogP contribution in [0.1, 0.15) is 79.3 Å². The molecular weight excluding hydrogens is 767 g/mol. The summed E-state index contributed by atoms with van der Waals surface area (Å²) >= 11 is 0. The second kappa shape index (κ2) is 16.3. The van der Waals surface area contributed by atoms with Crippen molar-refractivity contribution in [3.63, 3.8) is 0 Å². The van der Waals surface area contributed by atoms with E-state index in [9.17, 15) is 5.11 Å². The number of nitrogens with zero attached hydrogens (tertiary/aromatic N) is 3. The Morgan fingerprint density at radius 2 is 1.14 bits per heavy atom. The summed E-state index contributed by atoms with van der Waals surface area (Å²) in [4.78, 5) is 10.6. The third kappa shape index (κ3) is 8.10. The summed E-state index contributed by atoms with van der Waals surface area (Å²) in [6.07, 6.45) is 1.89. The maximum Gasteiger partial charge on any atom is 0.149 e. The van der Waals surface area contributed by atoms with Crippen LogP contribution in [0.3, 0.4) is 0 Å². The van der Waals surface area contributed by atoms with Crippen LogP contribution in [0.5, 0.6) is 5.75 Å². The molecule has 0 bridgehead atoms. The summed E-state index contributed by atoms with van der Waals surface area (Å²) in [6.45, 7) is 16.9.